The maximum Gasteiger partial charge on any atom is 0.472 e. The molecule has 24 heavy (non-hydrogen) atoms. The number of phosphoric ester groups is 1. The zero-order valence-electron chi connectivity index (χ0n) is 13.0. The summed E-state index contributed by atoms with van der Waals surface area (Å²) >= 11 is 0. The molecule has 3 N–H and O–H groups in total. The van der Waals surface area contributed by atoms with Crippen LogP contribution >= 0.6 is 7.82 Å². The molecule has 0 heterocycles. The van der Waals surface area contributed by atoms with Crippen molar-refractivity contribution in [2.24, 2.45) is 5.41 Å². The fourth-order valence-corrected chi connectivity index (χ4v) is 2.17. The number of ether oxygens (including phenoxy) is 2. The highest BCUT2D eigenvalue weighted by atomic mass is 31.2. The smallest absolute Gasteiger partial charge is 0.472 e. The van der Waals surface area contributed by atoms with Gasteiger partial charge in [0, 0.05) is 6.54 Å². The van der Waals surface area contributed by atoms with Gasteiger partial charge >= 0.3 is 25.9 Å². The Morgan fingerprint density at radius 2 is 1.83 bits per heavy atom. The lowest BCUT2D eigenvalue weighted by molar-refractivity contribution is -0.150. The molecule has 0 aromatic carbocycles. The van der Waals surface area contributed by atoms with Gasteiger partial charge in [-0.25, -0.2) is 13.9 Å². The van der Waals surface area contributed by atoms with Crippen LogP contribution in [0.3, 0.4) is 0 Å². The van der Waals surface area contributed by atoms with Gasteiger partial charge in [-0.15, -0.1) is 0 Å². The van der Waals surface area contributed by atoms with Crippen LogP contribution in [0, 0.1) is 5.41 Å². The van der Waals surface area contributed by atoms with Crippen molar-refractivity contribution in [3.8, 4) is 0 Å². The average molecular weight is 369 g/mol. The Labute approximate surface area is 137 Å². The highest BCUT2D eigenvalue weighted by Gasteiger charge is 2.51. The summed E-state index contributed by atoms with van der Waals surface area (Å²) in [5, 5.41) is 8.83. The molecule has 1 aliphatic carbocycles. The van der Waals surface area contributed by atoms with E-state index in [0.717, 1.165) is 4.90 Å². The van der Waals surface area contributed by atoms with Crippen LogP contribution in [0.15, 0.2) is 0 Å². The number of carbonyl (C=O) groups is 3. The third kappa shape index (κ3) is 6.83. The average Bonchev–Trinajstić information content (AvgIpc) is 3.23. The van der Waals surface area contributed by atoms with E-state index >= 15 is 0 Å². The zero-order chi connectivity index (χ0) is 18.4. The van der Waals surface area contributed by atoms with E-state index in [4.69, 9.17) is 19.6 Å². The molecular formula is C12H20NO10P. The molecule has 1 rings (SSSR count). The number of hydrogen-bond donors (Lipinski definition) is 3. The molecule has 0 unspecified atom stereocenters. The maximum atomic E-state index is 11.8. The number of amides is 1. The molecule has 1 fully saturated rings. The van der Waals surface area contributed by atoms with E-state index in [1.807, 2.05) is 0 Å². The summed E-state index contributed by atoms with van der Waals surface area (Å²) in [6.07, 6.45) is 0.255. The third-order valence-electron chi connectivity index (χ3n) is 3.41. The van der Waals surface area contributed by atoms with Crippen molar-refractivity contribution in [3.05, 3.63) is 0 Å². The third-order valence-corrected chi connectivity index (χ3v) is 3.85. The van der Waals surface area contributed by atoms with Crippen molar-refractivity contribution in [1.82, 2.24) is 4.90 Å². The van der Waals surface area contributed by atoms with Crippen molar-refractivity contribution in [1.29, 1.82) is 0 Å². The van der Waals surface area contributed by atoms with Crippen LogP contribution in [0.25, 0.3) is 0 Å². The number of phosphoric acid groups is 1. The van der Waals surface area contributed by atoms with E-state index in [1.54, 1.807) is 6.92 Å². The van der Waals surface area contributed by atoms with Crippen molar-refractivity contribution in [2.45, 2.75) is 26.2 Å². The minimum Gasteiger partial charge on any atom is -0.480 e. The summed E-state index contributed by atoms with van der Waals surface area (Å²) in [4.78, 5) is 52.2. The molecule has 1 aliphatic rings. The van der Waals surface area contributed by atoms with Gasteiger partial charge in [0.1, 0.15) is 6.54 Å². The molecule has 1 amide bonds. The fourth-order valence-electron chi connectivity index (χ4n) is 1.98. The number of carboxylic acid groups (broad SMARTS) is 1. The van der Waals surface area contributed by atoms with E-state index in [-0.39, 0.29) is 19.6 Å². The molecule has 0 aliphatic heterocycles. The Kier molecular flexibility index (Phi) is 7.15. The van der Waals surface area contributed by atoms with Crippen molar-refractivity contribution in [2.75, 3.05) is 26.5 Å². The summed E-state index contributed by atoms with van der Waals surface area (Å²) in [6, 6.07) is 0. The largest absolute Gasteiger partial charge is 0.480 e. The molecule has 0 radical (unpaired) electrons. The van der Waals surface area contributed by atoms with Crippen LogP contribution in [-0.4, -0.2) is 64.3 Å². The lowest BCUT2D eigenvalue weighted by atomic mass is 10.0. The molecule has 0 aromatic heterocycles. The summed E-state index contributed by atoms with van der Waals surface area (Å²) in [5.41, 5.74) is -0.713. The molecule has 138 valence electrons. The number of aliphatic carboxylic acids is 1. The molecule has 0 spiro atoms. The summed E-state index contributed by atoms with van der Waals surface area (Å²) in [7, 11) is -4.81. The number of esters is 1. The van der Waals surface area contributed by atoms with Crippen molar-refractivity contribution in [3.63, 3.8) is 0 Å². The fraction of sp³-hybridized carbons (Fsp3) is 0.750. The first-order valence-electron chi connectivity index (χ1n) is 7.10. The van der Waals surface area contributed by atoms with Gasteiger partial charge in [0.15, 0.2) is 0 Å². The van der Waals surface area contributed by atoms with Gasteiger partial charge in [-0.3, -0.25) is 14.5 Å². The van der Waals surface area contributed by atoms with Gasteiger partial charge in [-0.1, -0.05) is 0 Å². The number of rotatable bonds is 10. The molecule has 12 heteroatoms. The second kappa shape index (κ2) is 8.43. The van der Waals surface area contributed by atoms with Gasteiger partial charge in [-0.2, -0.15) is 0 Å². The highest BCUT2D eigenvalue weighted by Crippen LogP contribution is 2.50. The van der Waals surface area contributed by atoms with E-state index in [1.165, 1.54) is 0 Å². The molecule has 0 saturated heterocycles. The van der Waals surface area contributed by atoms with E-state index < -0.39 is 44.6 Å². The Hall–Kier alpha value is -1.68. The molecule has 0 atom stereocenters. The summed E-state index contributed by atoms with van der Waals surface area (Å²) < 4.78 is 23.9. The predicted molar refractivity (Wildman–Crippen MR) is 76.6 cm³/mol. The molecular weight excluding hydrogens is 349 g/mol. The van der Waals surface area contributed by atoms with Gasteiger partial charge in [0.05, 0.1) is 12.0 Å². The summed E-state index contributed by atoms with van der Waals surface area (Å²) in [6.45, 7) is 0.0973. The van der Waals surface area contributed by atoms with Crippen LogP contribution in [0.5, 0.6) is 0 Å². The topological polar surface area (TPSA) is 160 Å². The first kappa shape index (κ1) is 20.4. The van der Waals surface area contributed by atoms with Crippen LogP contribution in [0.4, 0.5) is 4.79 Å². The standard InChI is InChI=1S/C12H20NO10P/c1-2-21-10(16)12(3-4-12)5-6-13(7-9(14)15)11(17)22-8-23-24(18,19)20/h2-8H2,1H3,(H,14,15)(H2,18,19,20). The summed E-state index contributed by atoms with van der Waals surface area (Å²) in [5.74, 6) is -1.69. The van der Waals surface area contributed by atoms with Crippen LogP contribution in [-0.2, 0) is 28.2 Å². The Bertz CT molecular complexity index is 526. The van der Waals surface area contributed by atoms with Gasteiger partial charge in [0.2, 0.25) is 6.79 Å². The second-order valence-corrected chi connectivity index (χ2v) is 6.45. The van der Waals surface area contributed by atoms with Crippen molar-refractivity contribution >= 4 is 25.9 Å². The van der Waals surface area contributed by atoms with Crippen LogP contribution < -0.4 is 0 Å². The lowest BCUT2D eigenvalue weighted by Gasteiger charge is -2.22. The normalized spacial score (nSPS) is 15.5. The van der Waals surface area contributed by atoms with E-state index in [0.29, 0.717) is 12.8 Å². The Morgan fingerprint density at radius 3 is 2.29 bits per heavy atom. The maximum absolute atomic E-state index is 11.8. The monoisotopic (exact) mass is 369 g/mol. The number of nitrogens with zero attached hydrogens (tertiary/aromatic N) is 1. The number of hydrogen-bond acceptors (Lipinski definition) is 7. The highest BCUT2D eigenvalue weighted by molar-refractivity contribution is 7.46. The van der Waals surface area contributed by atoms with Gasteiger partial charge < -0.3 is 24.4 Å². The molecule has 0 bridgehead atoms. The first-order chi connectivity index (χ1) is 11.1. The number of carbonyl (C=O) groups excluding carboxylic acids is 2. The van der Waals surface area contributed by atoms with Crippen molar-refractivity contribution < 1.29 is 47.8 Å². The minimum atomic E-state index is -4.81. The van der Waals surface area contributed by atoms with Gasteiger partial charge in [-0.05, 0) is 26.2 Å². The van der Waals surface area contributed by atoms with E-state index in [2.05, 4.69) is 9.26 Å². The quantitative estimate of drug-likeness (QED) is 0.278. The van der Waals surface area contributed by atoms with Crippen LogP contribution in [0.2, 0.25) is 0 Å². The Balaban J connectivity index is 2.56. The predicted octanol–water partition coefficient (Wildman–Crippen LogP) is 0.310. The first-order valence-corrected chi connectivity index (χ1v) is 8.63. The number of carboxylic acids is 1. The van der Waals surface area contributed by atoms with E-state index in [9.17, 15) is 18.9 Å². The minimum absolute atomic E-state index is 0.0835. The molecule has 11 nitrogen and oxygen atoms in total. The van der Waals surface area contributed by atoms with Crippen LogP contribution in [0.1, 0.15) is 26.2 Å². The Morgan fingerprint density at radius 1 is 1.21 bits per heavy atom. The lowest BCUT2D eigenvalue weighted by Crippen LogP contribution is -2.38. The SMILES string of the molecule is CCOC(=O)C1(CCN(CC(=O)O)C(=O)OCOP(=O)(O)O)CC1. The molecule has 0 aromatic rings. The zero-order valence-corrected chi connectivity index (χ0v) is 13.9. The second-order valence-electron chi connectivity index (χ2n) is 5.21. The van der Waals surface area contributed by atoms with Gasteiger partial charge in [0.25, 0.3) is 0 Å². The molecule has 1 saturated carbocycles.